The number of aromatic nitrogens is 3. The van der Waals surface area contributed by atoms with Gasteiger partial charge in [0, 0.05) is 23.7 Å². The van der Waals surface area contributed by atoms with Gasteiger partial charge >= 0.3 is 6.09 Å². The normalized spacial score (nSPS) is 13.4. The number of methoxy groups -OCH3 is 1. The van der Waals surface area contributed by atoms with Crippen molar-refractivity contribution in [1.82, 2.24) is 25.2 Å². The molecule has 3 heterocycles. The first-order valence-electron chi connectivity index (χ1n) is 16.2. The van der Waals surface area contributed by atoms with Crippen LogP contribution >= 0.6 is 11.3 Å². The van der Waals surface area contributed by atoms with Crippen molar-refractivity contribution < 1.29 is 40.7 Å². The maximum absolute atomic E-state index is 16.2. The molecule has 0 spiro atoms. The summed E-state index contributed by atoms with van der Waals surface area (Å²) in [5.74, 6) is -4.71. The summed E-state index contributed by atoms with van der Waals surface area (Å²) in [6.45, 7) is 5.44. The van der Waals surface area contributed by atoms with Gasteiger partial charge in [-0.15, -0.1) is 11.3 Å². The van der Waals surface area contributed by atoms with Gasteiger partial charge in [0.2, 0.25) is 5.95 Å². The Morgan fingerprint density at radius 3 is 2.17 bits per heavy atom. The van der Waals surface area contributed by atoms with Crippen LogP contribution < -0.4 is 15.4 Å². The van der Waals surface area contributed by atoms with E-state index in [1.54, 1.807) is 30.3 Å². The third kappa shape index (κ3) is 7.60. The molecule has 3 amide bonds. The van der Waals surface area contributed by atoms with Crippen molar-refractivity contribution in [2.75, 3.05) is 30.2 Å². The maximum atomic E-state index is 16.2. The molecule has 1 atom stereocenters. The molecule has 3 N–H and O–H groups in total. The molecule has 5 aromatic rings. The zero-order chi connectivity index (χ0) is 38.9. The number of carbonyl (C=O) groups excluding carboxylic acids is 3. The van der Waals surface area contributed by atoms with Gasteiger partial charge in [0.1, 0.15) is 11.6 Å². The summed E-state index contributed by atoms with van der Waals surface area (Å²) < 4.78 is 77.8. The zero-order valence-electron chi connectivity index (χ0n) is 29.1. The van der Waals surface area contributed by atoms with Crippen molar-refractivity contribution in [2.24, 2.45) is 0 Å². The lowest BCUT2D eigenvalue weighted by Crippen LogP contribution is -2.49. The number of imide groups is 1. The van der Waals surface area contributed by atoms with Crippen LogP contribution in [0.2, 0.25) is 0 Å². The lowest BCUT2D eigenvalue weighted by atomic mass is 9.98. The van der Waals surface area contributed by atoms with E-state index in [2.05, 4.69) is 20.6 Å². The topological polar surface area (TPSA) is 173 Å². The second-order valence-corrected chi connectivity index (χ2v) is 15.6. The lowest BCUT2D eigenvalue weighted by Gasteiger charge is -2.23. The number of rotatable bonds is 11. The number of hydrogen-bond acceptors (Lipinski definition) is 11. The first-order valence-corrected chi connectivity index (χ1v) is 18.5. The van der Waals surface area contributed by atoms with Crippen LogP contribution in [0.4, 0.5) is 29.6 Å². The molecule has 0 aliphatic carbocycles. The SMILES string of the molecule is COC(=O)N[C@H](CNc1nccc(-c2sc(C(C)(C)C)nc2-c2cccc(NS(=O)(=O)c3c(F)cccc3F)c2F)n1)CN1C(=O)c2ccccc2C1=O. The largest absolute Gasteiger partial charge is 0.453 e. The molecule has 1 aliphatic heterocycles. The molecule has 0 radical (unpaired) electrons. The predicted octanol–water partition coefficient (Wildman–Crippen LogP) is 6.22. The van der Waals surface area contributed by atoms with Crippen molar-refractivity contribution in [3.05, 3.63) is 107 Å². The third-order valence-electron chi connectivity index (χ3n) is 8.14. The highest BCUT2D eigenvalue weighted by Crippen LogP contribution is 2.42. The smallest absolute Gasteiger partial charge is 0.407 e. The van der Waals surface area contributed by atoms with Crippen LogP contribution in [0.1, 0.15) is 46.5 Å². The highest BCUT2D eigenvalue weighted by atomic mass is 32.2. The van der Waals surface area contributed by atoms with Crippen LogP contribution in [0.25, 0.3) is 21.8 Å². The van der Waals surface area contributed by atoms with Crippen molar-refractivity contribution in [3.63, 3.8) is 0 Å². The number of fused-ring (bicyclic) bond motifs is 1. The van der Waals surface area contributed by atoms with Crippen molar-refractivity contribution >= 4 is 50.9 Å². The Balaban J connectivity index is 1.30. The molecule has 0 unspecified atom stereocenters. The Kier molecular flexibility index (Phi) is 10.4. The summed E-state index contributed by atoms with van der Waals surface area (Å²) in [6.07, 6.45) is 0.629. The molecule has 13 nitrogen and oxygen atoms in total. The van der Waals surface area contributed by atoms with Crippen LogP contribution in [0.5, 0.6) is 0 Å². The highest BCUT2D eigenvalue weighted by molar-refractivity contribution is 7.92. The number of halogens is 3. The number of benzene rings is 3. The van der Waals surface area contributed by atoms with Crippen LogP contribution in [-0.4, -0.2) is 72.4 Å². The summed E-state index contributed by atoms with van der Waals surface area (Å²) >= 11 is 1.21. The Labute approximate surface area is 311 Å². The number of amides is 3. The van der Waals surface area contributed by atoms with E-state index in [0.29, 0.717) is 15.6 Å². The summed E-state index contributed by atoms with van der Waals surface area (Å²) in [5.41, 5.74) is -0.303. The van der Waals surface area contributed by atoms with Crippen LogP contribution in [0.3, 0.4) is 0 Å². The van der Waals surface area contributed by atoms with Gasteiger partial charge in [-0.3, -0.25) is 19.2 Å². The summed E-state index contributed by atoms with van der Waals surface area (Å²) in [5, 5.41) is 6.20. The quantitative estimate of drug-likeness (QED) is 0.131. The van der Waals surface area contributed by atoms with E-state index in [1.165, 1.54) is 36.8 Å². The third-order valence-corrected chi connectivity index (χ3v) is 11.1. The number of sulfonamides is 1. The zero-order valence-corrected chi connectivity index (χ0v) is 30.7. The maximum Gasteiger partial charge on any atom is 0.407 e. The van der Waals surface area contributed by atoms with E-state index >= 15 is 4.39 Å². The minimum atomic E-state index is -4.89. The molecule has 54 heavy (non-hydrogen) atoms. The minimum Gasteiger partial charge on any atom is -0.453 e. The van der Waals surface area contributed by atoms with Gasteiger partial charge in [0.15, 0.2) is 10.7 Å². The number of hydrogen-bond donors (Lipinski definition) is 3. The van der Waals surface area contributed by atoms with Gasteiger partial charge in [-0.25, -0.2) is 41.3 Å². The Morgan fingerprint density at radius 1 is 0.907 bits per heavy atom. The number of nitrogens with zero attached hydrogens (tertiary/aromatic N) is 4. The second kappa shape index (κ2) is 14.9. The van der Waals surface area contributed by atoms with E-state index in [4.69, 9.17) is 9.72 Å². The first kappa shape index (κ1) is 37.9. The van der Waals surface area contributed by atoms with E-state index in [-0.39, 0.29) is 41.4 Å². The molecule has 0 saturated carbocycles. The fourth-order valence-electron chi connectivity index (χ4n) is 5.52. The molecule has 18 heteroatoms. The van der Waals surface area contributed by atoms with E-state index < -0.39 is 67.4 Å². The molecule has 2 aromatic heterocycles. The Hall–Kier alpha value is -5.88. The fourth-order valence-corrected chi connectivity index (χ4v) is 7.83. The Bertz CT molecular complexity index is 2350. The van der Waals surface area contributed by atoms with Gasteiger partial charge in [0.25, 0.3) is 21.8 Å². The molecular weight excluding hydrogens is 748 g/mol. The van der Waals surface area contributed by atoms with Crippen molar-refractivity contribution in [1.29, 1.82) is 0 Å². The highest BCUT2D eigenvalue weighted by Gasteiger charge is 2.37. The number of ether oxygens (including phenoxy) is 1. The molecular formula is C36H32F3N7O6S2. The molecule has 3 aromatic carbocycles. The molecule has 0 saturated heterocycles. The molecule has 0 bridgehead atoms. The van der Waals surface area contributed by atoms with Crippen LogP contribution in [0.15, 0.2) is 77.8 Å². The molecule has 6 rings (SSSR count). The number of carbonyl (C=O) groups is 3. The standard InChI is InChI=1S/C36H32F3N7O6S2/c1-36(2,3)33-44-28(22-11-7-14-25(27(22)39)45-54(50,51)30-23(37)12-8-13-24(30)38)29(53-33)26-15-16-40-34(43-26)41-17-19(42-35(49)52-4)18-46-31(47)20-9-5-6-10-21(20)32(46)48/h5-16,19,45H,17-18H2,1-4H3,(H,42,49)(H,40,41,43)/t19-/m1/s1. The monoisotopic (exact) mass is 779 g/mol. The van der Waals surface area contributed by atoms with Crippen LogP contribution in [0, 0.1) is 17.5 Å². The van der Waals surface area contributed by atoms with Crippen molar-refractivity contribution in [3.8, 4) is 21.8 Å². The molecule has 1 aliphatic rings. The second-order valence-electron chi connectivity index (χ2n) is 13.0. The average Bonchev–Trinajstić information content (AvgIpc) is 3.68. The number of alkyl carbamates (subject to hydrolysis) is 1. The lowest BCUT2D eigenvalue weighted by molar-refractivity contribution is 0.0637. The number of thiazole rings is 1. The van der Waals surface area contributed by atoms with Gasteiger partial charge in [-0.2, -0.15) is 0 Å². The van der Waals surface area contributed by atoms with Gasteiger partial charge in [-0.05, 0) is 42.5 Å². The van der Waals surface area contributed by atoms with E-state index in [0.717, 1.165) is 29.2 Å². The molecule has 0 fully saturated rings. The Morgan fingerprint density at radius 2 is 1.54 bits per heavy atom. The van der Waals surface area contributed by atoms with E-state index in [1.807, 2.05) is 25.5 Å². The number of anilines is 2. The van der Waals surface area contributed by atoms with Crippen molar-refractivity contribution in [2.45, 2.75) is 37.1 Å². The van der Waals surface area contributed by atoms with Gasteiger partial charge in [-0.1, -0.05) is 45.0 Å². The summed E-state index contributed by atoms with van der Waals surface area (Å²) in [4.78, 5) is 52.0. The summed E-state index contributed by atoms with van der Waals surface area (Å²) in [7, 11) is -3.72. The summed E-state index contributed by atoms with van der Waals surface area (Å²) in [6, 6.07) is 13.5. The van der Waals surface area contributed by atoms with E-state index in [9.17, 15) is 31.6 Å². The first-order chi connectivity index (χ1) is 25.6. The number of nitrogens with one attached hydrogen (secondary N) is 3. The average molecular weight is 780 g/mol. The predicted molar refractivity (Wildman–Crippen MR) is 194 cm³/mol. The molecule has 280 valence electrons. The fraction of sp³-hybridized carbons (Fsp3) is 0.222. The minimum absolute atomic E-state index is 0.0613. The van der Waals surface area contributed by atoms with Gasteiger partial charge in [0.05, 0.1) is 57.8 Å². The van der Waals surface area contributed by atoms with Gasteiger partial charge < -0.3 is 15.4 Å². The van der Waals surface area contributed by atoms with Crippen LogP contribution in [-0.2, 0) is 20.2 Å².